The molecule has 1 unspecified atom stereocenters. The third-order valence-corrected chi connectivity index (χ3v) is 3.00. The summed E-state index contributed by atoms with van der Waals surface area (Å²) in [6, 6.07) is 0. The van der Waals surface area contributed by atoms with Crippen LogP contribution in [-0.2, 0) is 9.59 Å². The molecule has 2 N–H and O–H groups in total. The highest BCUT2D eigenvalue weighted by Crippen LogP contribution is 2.19. The van der Waals surface area contributed by atoms with Gasteiger partial charge in [0, 0.05) is 32.6 Å². The van der Waals surface area contributed by atoms with Gasteiger partial charge in [0.2, 0.25) is 11.8 Å². The first-order chi connectivity index (χ1) is 8.13. The van der Waals surface area contributed by atoms with Crippen molar-refractivity contribution in [1.82, 2.24) is 9.80 Å². The molecule has 6 heteroatoms. The molecule has 0 saturated carbocycles. The van der Waals surface area contributed by atoms with Gasteiger partial charge >= 0.3 is 0 Å². The lowest BCUT2D eigenvalue weighted by Gasteiger charge is -2.23. The van der Waals surface area contributed by atoms with Crippen LogP contribution in [0.15, 0.2) is 0 Å². The highest BCUT2D eigenvalue weighted by molar-refractivity contribution is 5.89. The van der Waals surface area contributed by atoms with Gasteiger partial charge in [-0.05, 0) is 6.92 Å². The topological polar surface area (TPSA) is 81.1 Å². The van der Waals surface area contributed by atoms with Crippen molar-refractivity contribution in [2.75, 3.05) is 39.4 Å². The summed E-state index contributed by atoms with van der Waals surface area (Å²) in [6.45, 7) is 3.08. The zero-order valence-electron chi connectivity index (χ0n) is 10.1. The van der Waals surface area contributed by atoms with Crippen LogP contribution in [0.25, 0.3) is 0 Å². The van der Waals surface area contributed by atoms with Crippen LogP contribution in [0.2, 0.25) is 0 Å². The maximum Gasteiger partial charge on any atom is 0.228 e. The standard InChI is InChI=1S/C11H20N2O4/c1-2-12-8-9(7-10(12)16)11(17)13(3-5-14)4-6-15/h9,14-15H,2-8H2,1H3. The third-order valence-electron chi connectivity index (χ3n) is 3.00. The fraction of sp³-hybridized carbons (Fsp3) is 0.818. The predicted octanol–water partition coefficient (Wildman–Crippen LogP) is -1.33. The molecule has 2 amide bonds. The van der Waals surface area contributed by atoms with Gasteiger partial charge < -0.3 is 20.0 Å². The van der Waals surface area contributed by atoms with E-state index in [2.05, 4.69) is 0 Å². The Morgan fingerprint density at radius 1 is 1.41 bits per heavy atom. The minimum atomic E-state index is -0.333. The van der Waals surface area contributed by atoms with Gasteiger partial charge in [-0.1, -0.05) is 0 Å². The van der Waals surface area contributed by atoms with E-state index < -0.39 is 0 Å². The van der Waals surface area contributed by atoms with Gasteiger partial charge in [-0.25, -0.2) is 0 Å². The van der Waals surface area contributed by atoms with Crippen LogP contribution >= 0.6 is 0 Å². The first-order valence-electron chi connectivity index (χ1n) is 5.92. The number of aliphatic hydroxyl groups excluding tert-OH is 2. The average molecular weight is 244 g/mol. The van der Waals surface area contributed by atoms with Crippen LogP contribution in [0.3, 0.4) is 0 Å². The molecule has 0 bridgehead atoms. The van der Waals surface area contributed by atoms with Crippen molar-refractivity contribution < 1.29 is 19.8 Å². The van der Waals surface area contributed by atoms with Gasteiger partial charge in [-0.3, -0.25) is 9.59 Å². The Morgan fingerprint density at radius 3 is 2.41 bits per heavy atom. The zero-order valence-corrected chi connectivity index (χ0v) is 10.1. The Balaban J connectivity index is 2.59. The van der Waals surface area contributed by atoms with Crippen LogP contribution in [0.5, 0.6) is 0 Å². The van der Waals surface area contributed by atoms with Gasteiger partial charge in [0.1, 0.15) is 0 Å². The van der Waals surface area contributed by atoms with E-state index in [0.29, 0.717) is 13.1 Å². The Hall–Kier alpha value is -1.14. The van der Waals surface area contributed by atoms with Crippen LogP contribution in [-0.4, -0.2) is 71.2 Å². The molecule has 0 aromatic carbocycles. The smallest absolute Gasteiger partial charge is 0.228 e. The van der Waals surface area contributed by atoms with Gasteiger partial charge in [-0.2, -0.15) is 0 Å². The van der Waals surface area contributed by atoms with E-state index in [1.807, 2.05) is 6.92 Å². The predicted molar refractivity (Wildman–Crippen MR) is 61.1 cm³/mol. The summed E-state index contributed by atoms with van der Waals surface area (Å²) in [5.74, 6) is -0.489. The van der Waals surface area contributed by atoms with Gasteiger partial charge in [0.15, 0.2) is 0 Å². The van der Waals surface area contributed by atoms with Crippen LogP contribution in [0.1, 0.15) is 13.3 Å². The molecule has 1 aliphatic heterocycles. The molecular weight excluding hydrogens is 224 g/mol. The molecule has 1 heterocycles. The van der Waals surface area contributed by atoms with Crippen molar-refractivity contribution in [2.24, 2.45) is 5.92 Å². The summed E-state index contributed by atoms with van der Waals surface area (Å²) in [5, 5.41) is 17.7. The summed E-state index contributed by atoms with van der Waals surface area (Å²) in [4.78, 5) is 26.6. The van der Waals surface area contributed by atoms with Crippen LogP contribution in [0, 0.1) is 5.92 Å². The Bertz CT molecular complexity index is 277. The number of rotatable bonds is 6. The molecule has 0 spiro atoms. The number of nitrogens with zero attached hydrogens (tertiary/aromatic N) is 2. The quantitative estimate of drug-likeness (QED) is 0.606. The first-order valence-corrected chi connectivity index (χ1v) is 5.92. The lowest BCUT2D eigenvalue weighted by molar-refractivity contribution is -0.136. The molecule has 1 atom stereocenters. The summed E-state index contributed by atoms with van der Waals surface area (Å²) < 4.78 is 0. The number of amides is 2. The molecule has 0 aliphatic carbocycles. The largest absolute Gasteiger partial charge is 0.395 e. The molecule has 0 aromatic rings. The number of hydrogen-bond donors (Lipinski definition) is 2. The molecule has 1 rings (SSSR count). The Morgan fingerprint density at radius 2 is 2.00 bits per heavy atom. The second-order valence-corrected chi connectivity index (χ2v) is 4.11. The fourth-order valence-electron chi connectivity index (χ4n) is 2.07. The lowest BCUT2D eigenvalue weighted by atomic mass is 10.1. The lowest BCUT2D eigenvalue weighted by Crippen LogP contribution is -2.40. The Labute approximate surface area is 101 Å². The van der Waals surface area contributed by atoms with E-state index >= 15 is 0 Å². The molecular formula is C11H20N2O4. The molecule has 1 fully saturated rings. The monoisotopic (exact) mass is 244 g/mol. The normalized spacial score (nSPS) is 19.8. The maximum absolute atomic E-state index is 12.1. The fourth-order valence-corrected chi connectivity index (χ4v) is 2.07. The molecule has 1 saturated heterocycles. The van der Waals surface area contributed by atoms with Crippen LogP contribution < -0.4 is 0 Å². The minimum absolute atomic E-state index is 0.00111. The molecule has 17 heavy (non-hydrogen) atoms. The molecule has 0 radical (unpaired) electrons. The first kappa shape index (κ1) is 13.9. The minimum Gasteiger partial charge on any atom is -0.395 e. The molecule has 6 nitrogen and oxygen atoms in total. The van der Waals surface area contributed by atoms with E-state index in [4.69, 9.17) is 10.2 Å². The Kier molecular flexibility index (Phi) is 5.37. The number of aliphatic hydroxyl groups is 2. The zero-order chi connectivity index (χ0) is 12.8. The maximum atomic E-state index is 12.1. The summed E-state index contributed by atoms with van der Waals surface area (Å²) in [6.07, 6.45) is 0.236. The van der Waals surface area contributed by atoms with Gasteiger partial charge in [-0.15, -0.1) is 0 Å². The van der Waals surface area contributed by atoms with Gasteiger partial charge in [0.05, 0.1) is 19.1 Å². The average Bonchev–Trinajstić information content (AvgIpc) is 2.69. The summed E-state index contributed by atoms with van der Waals surface area (Å²) >= 11 is 0. The molecule has 0 aromatic heterocycles. The number of carbonyl (C=O) groups excluding carboxylic acids is 2. The van der Waals surface area contributed by atoms with Crippen molar-refractivity contribution in [1.29, 1.82) is 0 Å². The van der Waals surface area contributed by atoms with Crippen molar-refractivity contribution in [3.8, 4) is 0 Å². The second-order valence-electron chi connectivity index (χ2n) is 4.11. The summed E-state index contributed by atoms with van der Waals surface area (Å²) in [7, 11) is 0. The van der Waals surface area contributed by atoms with Crippen molar-refractivity contribution in [2.45, 2.75) is 13.3 Å². The van der Waals surface area contributed by atoms with Crippen molar-refractivity contribution in [3.05, 3.63) is 0 Å². The van der Waals surface area contributed by atoms with E-state index in [0.717, 1.165) is 0 Å². The summed E-state index contributed by atoms with van der Waals surface area (Å²) in [5.41, 5.74) is 0. The van der Waals surface area contributed by atoms with E-state index in [1.54, 1.807) is 4.90 Å². The van der Waals surface area contributed by atoms with E-state index in [-0.39, 0.29) is 50.5 Å². The number of hydrogen-bond acceptors (Lipinski definition) is 4. The molecule has 1 aliphatic rings. The highest BCUT2D eigenvalue weighted by atomic mass is 16.3. The highest BCUT2D eigenvalue weighted by Gasteiger charge is 2.35. The number of likely N-dealkylation sites (tertiary alicyclic amines) is 1. The van der Waals surface area contributed by atoms with E-state index in [9.17, 15) is 9.59 Å². The van der Waals surface area contributed by atoms with Crippen molar-refractivity contribution in [3.63, 3.8) is 0 Å². The SMILES string of the molecule is CCN1CC(C(=O)N(CCO)CCO)CC1=O. The van der Waals surface area contributed by atoms with E-state index in [1.165, 1.54) is 4.90 Å². The van der Waals surface area contributed by atoms with Gasteiger partial charge in [0.25, 0.3) is 0 Å². The van der Waals surface area contributed by atoms with Crippen LogP contribution in [0.4, 0.5) is 0 Å². The van der Waals surface area contributed by atoms with Crippen molar-refractivity contribution >= 4 is 11.8 Å². The second kappa shape index (κ2) is 6.56. The molecule has 98 valence electrons. The third kappa shape index (κ3) is 3.41. The number of carbonyl (C=O) groups is 2.